The van der Waals surface area contributed by atoms with Crippen molar-refractivity contribution < 1.29 is 23.8 Å². The zero-order valence-corrected chi connectivity index (χ0v) is 28.9. The molecule has 48 heavy (non-hydrogen) atoms. The number of aromatic nitrogens is 2. The highest BCUT2D eigenvalue weighted by Crippen LogP contribution is 2.50. The van der Waals surface area contributed by atoms with Gasteiger partial charge in [0, 0.05) is 24.6 Å². The number of benzene rings is 2. The molecule has 0 saturated carbocycles. The molecule has 2 amide bonds. The Bertz CT molecular complexity index is 1900. The Kier molecular flexibility index (Phi) is 10.3. The van der Waals surface area contributed by atoms with E-state index in [0.717, 1.165) is 34.4 Å². The maximum absolute atomic E-state index is 13.9. The summed E-state index contributed by atoms with van der Waals surface area (Å²) in [7, 11) is 4.67. The second-order valence-electron chi connectivity index (χ2n) is 13.0. The van der Waals surface area contributed by atoms with E-state index in [0.29, 0.717) is 52.8 Å². The SMILES string of the molecule is COc1cc2c(c(OC)c1OC)-c1ccc(N[C@H](C(=O)Nc3ccc4nc(CC(C)C)[nH]c4c3)C(C)C)c(=O)cc1[C@H](NC(C)=O)CC2. The molecule has 0 radical (unpaired) electrons. The van der Waals surface area contributed by atoms with Gasteiger partial charge in [-0.05, 0) is 77.8 Å². The first kappa shape index (κ1) is 34.3. The molecule has 0 bridgehead atoms. The lowest BCUT2D eigenvalue weighted by Crippen LogP contribution is -2.39. The van der Waals surface area contributed by atoms with Gasteiger partial charge in [0.2, 0.25) is 23.0 Å². The molecule has 1 aliphatic carbocycles. The first-order valence-electron chi connectivity index (χ1n) is 16.3. The second-order valence-corrected chi connectivity index (χ2v) is 13.0. The van der Waals surface area contributed by atoms with Crippen LogP contribution in [0.15, 0.2) is 47.3 Å². The van der Waals surface area contributed by atoms with Gasteiger partial charge in [0.05, 0.1) is 44.1 Å². The minimum atomic E-state index is -0.730. The molecule has 4 N–H and O–H groups in total. The van der Waals surface area contributed by atoms with Gasteiger partial charge in [0.1, 0.15) is 11.9 Å². The van der Waals surface area contributed by atoms with E-state index in [2.05, 4.69) is 39.8 Å². The summed E-state index contributed by atoms with van der Waals surface area (Å²) in [5, 5.41) is 9.27. The van der Waals surface area contributed by atoms with Crippen LogP contribution in [0.1, 0.15) is 64.0 Å². The maximum atomic E-state index is 13.9. The van der Waals surface area contributed by atoms with Crippen LogP contribution in [-0.4, -0.2) is 49.2 Å². The highest BCUT2D eigenvalue weighted by molar-refractivity contribution is 5.98. The molecule has 1 aliphatic rings. The van der Waals surface area contributed by atoms with Crippen LogP contribution in [-0.2, 0) is 22.4 Å². The number of imidazole rings is 1. The Hall–Kier alpha value is -5.06. The summed E-state index contributed by atoms with van der Waals surface area (Å²) < 4.78 is 17.2. The van der Waals surface area contributed by atoms with E-state index in [-0.39, 0.29) is 28.8 Å². The molecule has 0 aliphatic heterocycles. The van der Waals surface area contributed by atoms with Crippen molar-refractivity contribution in [3.05, 3.63) is 69.6 Å². The van der Waals surface area contributed by atoms with E-state index in [4.69, 9.17) is 14.2 Å². The van der Waals surface area contributed by atoms with Crippen LogP contribution in [0.25, 0.3) is 22.2 Å². The Labute approximate surface area is 280 Å². The Morgan fingerprint density at radius 2 is 1.73 bits per heavy atom. The zero-order chi connectivity index (χ0) is 34.7. The molecule has 1 heterocycles. The normalized spacial score (nSPS) is 14.5. The predicted octanol–water partition coefficient (Wildman–Crippen LogP) is 6.01. The van der Waals surface area contributed by atoms with Crippen LogP contribution >= 0.6 is 0 Å². The fourth-order valence-electron chi connectivity index (χ4n) is 6.37. The zero-order valence-electron chi connectivity index (χ0n) is 28.9. The molecule has 0 unspecified atom stereocenters. The van der Waals surface area contributed by atoms with Crippen molar-refractivity contribution in [1.82, 2.24) is 15.3 Å². The van der Waals surface area contributed by atoms with Gasteiger partial charge in [-0.25, -0.2) is 4.98 Å². The first-order chi connectivity index (χ1) is 22.9. The third-order valence-electron chi connectivity index (χ3n) is 8.58. The van der Waals surface area contributed by atoms with E-state index >= 15 is 0 Å². The highest BCUT2D eigenvalue weighted by Gasteiger charge is 2.30. The number of nitrogens with one attached hydrogen (secondary N) is 4. The number of aromatic amines is 1. The van der Waals surface area contributed by atoms with Gasteiger partial charge in [-0.1, -0.05) is 33.8 Å². The highest BCUT2D eigenvalue weighted by atomic mass is 16.5. The first-order valence-corrected chi connectivity index (χ1v) is 16.3. The fraction of sp³-hybridized carbons (Fsp3) is 0.405. The van der Waals surface area contributed by atoms with Gasteiger partial charge in [0.15, 0.2) is 11.5 Å². The van der Waals surface area contributed by atoms with Crippen molar-refractivity contribution in [2.45, 2.75) is 66.0 Å². The topological polar surface area (TPSA) is 144 Å². The molecule has 1 aromatic heterocycles. The predicted molar refractivity (Wildman–Crippen MR) is 188 cm³/mol. The molecule has 11 heteroatoms. The number of fused-ring (bicyclic) bond motifs is 4. The number of rotatable bonds is 11. The fourth-order valence-corrected chi connectivity index (χ4v) is 6.37. The lowest BCUT2D eigenvalue weighted by molar-refractivity contribution is -0.120. The lowest BCUT2D eigenvalue weighted by atomic mass is 9.95. The summed E-state index contributed by atoms with van der Waals surface area (Å²) in [6, 6.07) is 11.4. The standard InChI is InChI=1S/C37H45N5O6/c1-19(2)15-32-40-27-13-10-23(17-29(27)41-32)39-37(45)34(20(3)4)42-28-14-11-24-25(18-30(28)44)26(38-21(5)43)12-9-22-16-31(46-6)35(47-7)36(48-8)33(22)24/h10-11,13-14,16-20,26,34H,9,12,15H2,1-8H3,(H,38,43)(H,39,45)(H,40,41)(H,42,44)/t26-,34+/m1/s1. The van der Waals surface area contributed by atoms with E-state index in [1.54, 1.807) is 33.5 Å². The number of carbonyl (C=O) groups is 2. The maximum Gasteiger partial charge on any atom is 0.247 e. The number of aryl methyl sites for hydroxylation is 1. The van der Waals surface area contributed by atoms with Crippen molar-refractivity contribution >= 4 is 34.2 Å². The monoisotopic (exact) mass is 655 g/mol. The number of hydrogen-bond acceptors (Lipinski definition) is 8. The van der Waals surface area contributed by atoms with Gasteiger partial charge in [-0.2, -0.15) is 0 Å². The Morgan fingerprint density at radius 1 is 0.979 bits per heavy atom. The summed E-state index contributed by atoms with van der Waals surface area (Å²) in [6.07, 6.45) is 1.96. The van der Waals surface area contributed by atoms with Crippen LogP contribution in [0.4, 0.5) is 11.4 Å². The van der Waals surface area contributed by atoms with Crippen molar-refractivity contribution in [1.29, 1.82) is 0 Å². The number of nitrogens with zero attached hydrogens (tertiary/aromatic N) is 1. The van der Waals surface area contributed by atoms with Crippen LogP contribution in [0.2, 0.25) is 0 Å². The lowest BCUT2D eigenvalue weighted by Gasteiger charge is -2.22. The number of H-pyrrole nitrogens is 1. The summed E-state index contributed by atoms with van der Waals surface area (Å²) >= 11 is 0. The molecule has 0 fully saturated rings. The van der Waals surface area contributed by atoms with Crippen molar-refractivity contribution in [3.8, 4) is 28.4 Å². The van der Waals surface area contributed by atoms with E-state index in [1.807, 2.05) is 44.2 Å². The van der Waals surface area contributed by atoms with Crippen molar-refractivity contribution in [2.24, 2.45) is 11.8 Å². The van der Waals surface area contributed by atoms with E-state index in [1.165, 1.54) is 6.92 Å². The summed E-state index contributed by atoms with van der Waals surface area (Å²) in [5.41, 5.74) is 5.27. The molecule has 3 aromatic carbocycles. The molecule has 0 saturated heterocycles. The average molecular weight is 656 g/mol. The van der Waals surface area contributed by atoms with Gasteiger partial charge >= 0.3 is 0 Å². The third-order valence-corrected chi connectivity index (χ3v) is 8.58. The smallest absolute Gasteiger partial charge is 0.247 e. The second kappa shape index (κ2) is 14.4. The Morgan fingerprint density at radius 3 is 2.38 bits per heavy atom. The number of ether oxygens (including phenoxy) is 3. The van der Waals surface area contributed by atoms with Gasteiger partial charge < -0.3 is 35.1 Å². The molecule has 0 spiro atoms. The molecule has 5 rings (SSSR count). The number of amides is 2. The number of anilines is 2. The van der Waals surface area contributed by atoms with Crippen molar-refractivity contribution in [2.75, 3.05) is 32.0 Å². The third kappa shape index (κ3) is 7.10. The minimum absolute atomic E-state index is 0.161. The molecule has 11 nitrogen and oxygen atoms in total. The number of carbonyl (C=O) groups excluding carboxylic acids is 2. The molecular weight excluding hydrogens is 610 g/mol. The average Bonchev–Trinajstić information content (AvgIpc) is 3.28. The summed E-state index contributed by atoms with van der Waals surface area (Å²) in [4.78, 5) is 47.9. The minimum Gasteiger partial charge on any atom is -0.493 e. The molecular formula is C37H45N5O6. The van der Waals surface area contributed by atoms with E-state index < -0.39 is 12.1 Å². The molecule has 4 aromatic rings. The van der Waals surface area contributed by atoms with Gasteiger partial charge in [-0.15, -0.1) is 0 Å². The van der Waals surface area contributed by atoms with Crippen LogP contribution in [0, 0.1) is 11.8 Å². The largest absolute Gasteiger partial charge is 0.493 e. The van der Waals surface area contributed by atoms with Crippen LogP contribution < -0.4 is 35.6 Å². The number of methoxy groups -OCH3 is 3. The van der Waals surface area contributed by atoms with E-state index in [9.17, 15) is 14.4 Å². The molecule has 2 atom stereocenters. The van der Waals surface area contributed by atoms with Gasteiger partial charge in [0.25, 0.3) is 0 Å². The van der Waals surface area contributed by atoms with Crippen LogP contribution in [0.3, 0.4) is 0 Å². The summed E-state index contributed by atoms with van der Waals surface area (Å²) in [5.74, 6) is 2.13. The summed E-state index contributed by atoms with van der Waals surface area (Å²) in [6.45, 7) is 9.58. The van der Waals surface area contributed by atoms with Crippen LogP contribution in [0.5, 0.6) is 17.2 Å². The number of hydrogen-bond donors (Lipinski definition) is 4. The van der Waals surface area contributed by atoms with Crippen molar-refractivity contribution in [3.63, 3.8) is 0 Å². The Balaban J connectivity index is 1.53. The van der Waals surface area contributed by atoms with Gasteiger partial charge in [-0.3, -0.25) is 14.4 Å². The molecule has 254 valence electrons. The quantitative estimate of drug-likeness (QED) is 0.154.